The average Bonchev–Trinajstić information content (AvgIpc) is 2.44. The van der Waals surface area contributed by atoms with Crippen molar-refractivity contribution in [3.05, 3.63) is 11.9 Å². The predicted octanol–water partition coefficient (Wildman–Crippen LogP) is 2.13. The van der Waals surface area contributed by atoms with Gasteiger partial charge in [0.2, 0.25) is 5.95 Å². The van der Waals surface area contributed by atoms with Gasteiger partial charge in [0.15, 0.2) is 0 Å². The Labute approximate surface area is 98.7 Å². The summed E-state index contributed by atoms with van der Waals surface area (Å²) in [6.45, 7) is 9.52. The van der Waals surface area contributed by atoms with Crippen LogP contribution in [0.25, 0.3) is 0 Å². The fourth-order valence-electron chi connectivity index (χ4n) is 1.83. The van der Waals surface area contributed by atoms with E-state index in [4.69, 9.17) is 0 Å². The van der Waals surface area contributed by atoms with E-state index in [9.17, 15) is 0 Å². The predicted molar refractivity (Wildman–Crippen MR) is 69.0 cm³/mol. The van der Waals surface area contributed by atoms with Crippen molar-refractivity contribution in [3.63, 3.8) is 0 Å². The van der Waals surface area contributed by atoms with E-state index in [-0.39, 0.29) is 0 Å². The first-order chi connectivity index (χ1) is 7.40. The molecule has 0 spiro atoms. The first-order valence-corrected chi connectivity index (χ1v) is 5.87. The number of aromatic nitrogens is 2. The zero-order valence-corrected chi connectivity index (χ0v) is 11.3. The van der Waals surface area contributed by atoms with Crippen molar-refractivity contribution in [3.8, 4) is 0 Å². The quantitative estimate of drug-likeness (QED) is 0.832. The van der Waals surface area contributed by atoms with Crippen molar-refractivity contribution in [2.45, 2.75) is 39.8 Å². The summed E-state index contributed by atoms with van der Waals surface area (Å²) in [5.74, 6) is 0.974. The lowest BCUT2D eigenvalue weighted by atomic mass is 10.3. The molecule has 0 saturated carbocycles. The number of nitrogens with one attached hydrogen (secondary N) is 1. The van der Waals surface area contributed by atoms with Crippen LogP contribution in [0.2, 0.25) is 0 Å². The van der Waals surface area contributed by atoms with Crippen LogP contribution < -0.4 is 5.32 Å². The molecule has 92 valence electrons. The summed E-state index contributed by atoms with van der Waals surface area (Å²) in [7, 11) is 4.19. The first-order valence-electron chi connectivity index (χ1n) is 5.87. The molecular formula is C12H24N4. The number of likely N-dealkylation sites (N-methyl/N-ethyl adjacent to an activating group) is 1. The minimum absolute atomic E-state index is 0.409. The number of hydrogen-bond donors (Lipinski definition) is 1. The van der Waals surface area contributed by atoms with Gasteiger partial charge in [0, 0.05) is 24.8 Å². The summed E-state index contributed by atoms with van der Waals surface area (Å²) in [5, 5.41) is 3.38. The molecule has 4 heteroatoms. The molecular weight excluding hydrogens is 200 g/mol. The molecule has 4 nitrogen and oxygen atoms in total. The second-order valence-corrected chi connectivity index (χ2v) is 5.02. The Bertz CT molecular complexity index is 328. The van der Waals surface area contributed by atoms with Gasteiger partial charge in [0.1, 0.15) is 0 Å². The lowest BCUT2D eigenvalue weighted by Crippen LogP contribution is -2.24. The molecule has 1 rings (SSSR count). The molecule has 0 aliphatic heterocycles. The van der Waals surface area contributed by atoms with Crippen LogP contribution in [-0.2, 0) is 0 Å². The Morgan fingerprint density at radius 2 is 2.00 bits per heavy atom. The molecule has 1 aromatic rings. The highest BCUT2D eigenvalue weighted by Gasteiger charge is 2.12. The maximum absolute atomic E-state index is 4.51. The third kappa shape index (κ3) is 3.52. The van der Waals surface area contributed by atoms with Gasteiger partial charge in [0.25, 0.3) is 0 Å². The Morgan fingerprint density at radius 3 is 2.50 bits per heavy atom. The Hall–Kier alpha value is -1.03. The minimum Gasteiger partial charge on any atom is -0.353 e. The fraction of sp³-hybridized carbons (Fsp3) is 0.750. The molecule has 16 heavy (non-hydrogen) atoms. The molecule has 0 saturated heterocycles. The van der Waals surface area contributed by atoms with Gasteiger partial charge in [-0.1, -0.05) is 0 Å². The second-order valence-electron chi connectivity index (χ2n) is 5.02. The highest BCUT2D eigenvalue weighted by atomic mass is 15.2. The molecule has 0 aromatic carbocycles. The molecule has 0 fully saturated rings. The highest BCUT2D eigenvalue weighted by Crippen LogP contribution is 2.17. The summed E-state index contributed by atoms with van der Waals surface area (Å²) in [4.78, 5) is 6.71. The molecule has 0 bridgehead atoms. The van der Waals surface area contributed by atoms with E-state index in [1.165, 1.54) is 0 Å². The van der Waals surface area contributed by atoms with Crippen LogP contribution >= 0.6 is 0 Å². The standard InChI is InChI=1S/C12H24N4/c1-9(2)13-12-14-10(3)7-16(12)11(4)8-15(5)6/h7,9,11H,8H2,1-6H3,(H,13,14). The van der Waals surface area contributed by atoms with Crippen LogP contribution in [0.4, 0.5) is 5.95 Å². The van der Waals surface area contributed by atoms with Crippen molar-refractivity contribution in [2.75, 3.05) is 26.0 Å². The largest absolute Gasteiger partial charge is 0.353 e. The fourth-order valence-corrected chi connectivity index (χ4v) is 1.83. The van der Waals surface area contributed by atoms with Crippen molar-refractivity contribution in [2.24, 2.45) is 0 Å². The maximum Gasteiger partial charge on any atom is 0.203 e. The normalized spacial score (nSPS) is 13.5. The van der Waals surface area contributed by atoms with E-state index in [0.717, 1.165) is 18.2 Å². The number of imidazole rings is 1. The van der Waals surface area contributed by atoms with Crippen LogP contribution in [0.3, 0.4) is 0 Å². The maximum atomic E-state index is 4.51. The van der Waals surface area contributed by atoms with Crippen molar-refractivity contribution in [1.82, 2.24) is 14.5 Å². The van der Waals surface area contributed by atoms with Crippen molar-refractivity contribution in [1.29, 1.82) is 0 Å². The summed E-state index contributed by atoms with van der Waals surface area (Å²) in [6, 6.07) is 0.838. The van der Waals surface area contributed by atoms with Crippen LogP contribution in [-0.4, -0.2) is 41.1 Å². The van der Waals surface area contributed by atoms with Crippen LogP contribution in [0.1, 0.15) is 32.5 Å². The topological polar surface area (TPSA) is 33.1 Å². The number of anilines is 1. The molecule has 1 atom stereocenters. The van der Waals surface area contributed by atoms with Gasteiger partial charge in [-0.15, -0.1) is 0 Å². The van der Waals surface area contributed by atoms with Gasteiger partial charge in [-0.3, -0.25) is 0 Å². The molecule has 0 radical (unpaired) electrons. The van der Waals surface area contributed by atoms with E-state index < -0.39 is 0 Å². The highest BCUT2D eigenvalue weighted by molar-refractivity contribution is 5.30. The first kappa shape index (κ1) is 13.0. The number of aryl methyl sites for hydroxylation is 1. The van der Waals surface area contributed by atoms with E-state index in [1.807, 2.05) is 6.92 Å². The third-order valence-corrected chi connectivity index (χ3v) is 2.37. The van der Waals surface area contributed by atoms with Gasteiger partial charge < -0.3 is 14.8 Å². The SMILES string of the molecule is Cc1cn(C(C)CN(C)C)c(NC(C)C)n1. The smallest absolute Gasteiger partial charge is 0.203 e. The molecule has 0 aliphatic carbocycles. The van der Waals surface area contributed by atoms with Gasteiger partial charge in [-0.2, -0.15) is 0 Å². The Morgan fingerprint density at radius 1 is 1.38 bits per heavy atom. The number of hydrogen-bond acceptors (Lipinski definition) is 3. The second kappa shape index (κ2) is 5.34. The van der Waals surface area contributed by atoms with Crippen LogP contribution in [0.15, 0.2) is 6.20 Å². The van der Waals surface area contributed by atoms with E-state index in [2.05, 4.69) is 60.8 Å². The molecule has 1 unspecified atom stereocenters. The minimum atomic E-state index is 0.409. The number of nitrogens with zero attached hydrogens (tertiary/aromatic N) is 3. The van der Waals surface area contributed by atoms with E-state index in [1.54, 1.807) is 0 Å². The Balaban J connectivity index is 2.84. The molecule has 0 amide bonds. The molecule has 0 aliphatic rings. The average molecular weight is 224 g/mol. The summed E-state index contributed by atoms with van der Waals surface area (Å²) < 4.78 is 2.22. The van der Waals surface area contributed by atoms with Crippen LogP contribution in [0.5, 0.6) is 0 Å². The van der Waals surface area contributed by atoms with Gasteiger partial charge in [-0.25, -0.2) is 4.98 Å². The third-order valence-electron chi connectivity index (χ3n) is 2.37. The molecule has 1 N–H and O–H groups in total. The zero-order valence-electron chi connectivity index (χ0n) is 11.3. The summed E-state index contributed by atoms with van der Waals surface area (Å²) in [6.07, 6.45) is 2.11. The van der Waals surface area contributed by atoms with Crippen LogP contribution in [0, 0.1) is 6.92 Å². The summed E-state index contributed by atoms with van der Waals surface area (Å²) >= 11 is 0. The van der Waals surface area contributed by atoms with Gasteiger partial charge >= 0.3 is 0 Å². The Kier molecular flexibility index (Phi) is 4.35. The van der Waals surface area contributed by atoms with Gasteiger partial charge in [0.05, 0.1) is 5.69 Å². The zero-order chi connectivity index (χ0) is 12.3. The summed E-state index contributed by atoms with van der Waals surface area (Å²) in [5.41, 5.74) is 1.06. The monoisotopic (exact) mass is 224 g/mol. The molecule has 1 heterocycles. The lowest BCUT2D eigenvalue weighted by molar-refractivity contribution is 0.338. The van der Waals surface area contributed by atoms with Crippen molar-refractivity contribution >= 4 is 5.95 Å². The van der Waals surface area contributed by atoms with E-state index in [0.29, 0.717) is 12.1 Å². The number of rotatable bonds is 5. The lowest BCUT2D eigenvalue weighted by Gasteiger charge is -2.21. The van der Waals surface area contributed by atoms with Crippen molar-refractivity contribution < 1.29 is 0 Å². The van der Waals surface area contributed by atoms with Gasteiger partial charge in [-0.05, 0) is 41.8 Å². The molecule has 1 aromatic heterocycles. The van der Waals surface area contributed by atoms with E-state index >= 15 is 0 Å².